The second kappa shape index (κ2) is 11.5. The van der Waals surface area contributed by atoms with Gasteiger partial charge in [-0.2, -0.15) is 0 Å². The zero-order valence-corrected chi connectivity index (χ0v) is 20.0. The van der Waals surface area contributed by atoms with Gasteiger partial charge in [0, 0.05) is 5.69 Å². The van der Waals surface area contributed by atoms with Gasteiger partial charge >= 0.3 is 5.97 Å². The van der Waals surface area contributed by atoms with Crippen molar-refractivity contribution in [3.63, 3.8) is 0 Å². The molecule has 2 aliphatic rings. The number of ether oxygens (including phenoxy) is 1. The molecule has 1 fully saturated rings. The Morgan fingerprint density at radius 3 is 2.56 bits per heavy atom. The predicted octanol–water partition coefficient (Wildman–Crippen LogP) is 4.82. The summed E-state index contributed by atoms with van der Waals surface area (Å²) in [7, 11) is 1.64. The molecule has 3 N–H and O–H groups in total. The van der Waals surface area contributed by atoms with Gasteiger partial charge in [-0.3, -0.25) is 14.9 Å². The van der Waals surface area contributed by atoms with E-state index in [0.717, 1.165) is 29.0 Å². The molecular formula is C28H36N2O4. The third-order valence-corrected chi connectivity index (χ3v) is 7.44. The number of carbonyl (C=O) groups excluding carboxylic acids is 1. The Bertz CT molecular complexity index is 969. The molecule has 6 heteroatoms. The molecule has 0 bridgehead atoms. The van der Waals surface area contributed by atoms with Gasteiger partial charge in [0.1, 0.15) is 11.8 Å². The number of rotatable bonds is 9. The van der Waals surface area contributed by atoms with Gasteiger partial charge in [0.05, 0.1) is 13.2 Å². The second-order valence-electron chi connectivity index (χ2n) is 9.78. The molecule has 2 aromatic carbocycles. The molecule has 0 radical (unpaired) electrons. The number of carboxylic acids is 1. The minimum absolute atomic E-state index is 0.0754. The lowest BCUT2D eigenvalue weighted by Gasteiger charge is -2.29. The van der Waals surface area contributed by atoms with Gasteiger partial charge in [-0.05, 0) is 66.8 Å². The fourth-order valence-corrected chi connectivity index (χ4v) is 5.48. The summed E-state index contributed by atoms with van der Waals surface area (Å²) in [6, 6.07) is 14.4. The predicted molar refractivity (Wildman–Crippen MR) is 133 cm³/mol. The number of amides is 1. The van der Waals surface area contributed by atoms with Crippen molar-refractivity contribution in [2.75, 3.05) is 12.4 Å². The maximum absolute atomic E-state index is 13.4. The molecule has 6 nitrogen and oxygen atoms in total. The first kappa shape index (κ1) is 24.3. The Balaban J connectivity index is 1.53. The standard InChI is InChI=1S/C28H36N2O4/c1-34-23-14-11-20(12-15-23)17-22-18-21-9-5-6-10-24(21)30-27(31)26(22)29-25(28(32)33)16-13-19-7-3-2-4-8-19/h5-6,9-12,14-15,19,22,25-26,29H,2-4,7-8,13,16-18H2,1H3,(H,30,31)(H,32,33)/t22?,25-,26?/m0/s1. The SMILES string of the molecule is COc1ccc(CC2Cc3ccccc3NC(=O)C2N[C@@H](CCC2CCCCC2)C(=O)O)cc1. The molecular weight excluding hydrogens is 428 g/mol. The summed E-state index contributed by atoms with van der Waals surface area (Å²) in [6.07, 6.45) is 8.93. The van der Waals surface area contributed by atoms with E-state index in [-0.39, 0.29) is 11.8 Å². The number of nitrogens with one attached hydrogen (secondary N) is 2. The van der Waals surface area contributed by atoms with Crippen LogP contribution in [0.1, 0.15) is 56.1 Å². The molecule has 4 rings (SSSR count). The minimum Gasteiger partial charge on any atom is -0.497 e. The van der Waals surface area contributed by atoms with Crippen molar-refractivity contribution in [3.8, 4) is 5.75 Å². The monoisotopic (exact) mass is 464 g/mol. The Hall–Kier alpha value is -2.86. The molecule has 182 valence electrons. The topological polar surface area (TPSA) is 87.7 Å². The highest BCUT2D eigenvalue weighted by Gasteiger charge is 2.35. The highest BCUT2D eigenvalue weighted by atomic mass is 16.5. The smallest absolute Gasteiger partial charge is 0.320 e. The number of anilines is 1. The highest BCUT2D eigenvalue weighted by Crippen LogP contribution is 2.30. The molecule has 1 saturated carbocycles. The summed E-state index contributed by atoms with van der Waals surface area (Å²) < 4.78 is 5.28. The van der Waals surface area contributed by atoms with Crippen LogP contribution < -0.4 is 15.4 Å². The van der Waals surface area contributed by atoms with Crippen molar-refractivity contribution in [1.82, 2.24) is 5.32 Å². The fraction of sp³-hybridized carbons (Fsp3) is 0.500. The van der Waals surface area contributed by atoms with E-state index in [2.05, 4.69) is 10.6 Å². The van der Waals surface area contributed by atoms with Gasteiger partial charge in [0.25, 0.3) is 0 Å². The number of fused-ring (bicyclic) bond motifs is 1. The van der Waals surface area contributed by atoms with Crippen molar-refractivity contribution >= 4 is 17.6 Å². The second-order valence-corrected chi connectivity index (χ2v) is 9.78. The van der Waals surface area contributed by atoms with Crippen LogP contribution in [0.2, 0.25) is 0 Å². The zero-order valence-electron chi connectivity index (χ0n) is 20.0. The van der Waals surface area contributed by atoms with E-state index in [0.29, 0.717) is 25.2 Å². The van der Waals surface area contributed by atoms with E-state index in [1.165, 1.54) is 32.1 Å². The lowest BCUT2D eigenvalue weighted by Crippen LogP contribution is -2.52. The third-order valence-electron chi connectivity index (χ3n) is 7.44. The van der Waals surface area contributed by atoms with E-state index < -0.39 is 18.1 Å². The Labute approximate surface area is 202 Å². The normalized spacial score (nSPS) is 21.7. The van der Waals surface area contributed by atoms with Gasteiger partial charge in [-0.1, -0.05) is 62.4 Å². The zero-order chi connectivity index (χ0) is 23.9. The maximum Gasteiger partial charge on any atom is 0.320 e. The Morgan fingerprint density at radius 1 is 1.12 bits per heavy atom. The summed E-state index contributed by atoms with van der Waals surface area (Å²) in [5.74, 6) is 0.269. The number of hydrogen-bond donors (Lipinski definition) is 3. The first-order valence-corrected chi connectivity index (χ1v) is 12.5. The molecule has 2 unspecified atom stereocenters. The molecule has 0 spiro atoms. The third kappa shape index (κ3) is 6.17. The van der Waals surface area contributed by atoms with Crippen LogP contribution in [-0.2, 0) is 22.4 Å². The Kier molecular flexibility index (Phi) is 8.22. The number of hydrogen-bond acceptors (Lipinski definition) is 4. The van der Waals surface area contributed by atoms with Crippen LogP contribution in [0.5, 0.6) is 5.75 Å². The van der Waals surface area contributed by atoms with Crippen LogP contribution >= 0.6 is 0 Å². The lowest BCUT2D eigenvalue weighted by atomic mass is 9.84. The average Bonchev–Trinajstić information content (AvgIpc) is 2.98. The molecule has 1 aliphatic heterocycles. The van der Waals surface area contributed by atoms with Crippen LogP contribution in [0.25, 0.3) is 0 Å². The molecule has 0 aromatic heterocycles. The van der Waals surface area contributed by atoms with Crippen molar-refractivity contribution in [3.05, 3.63) is 59.7 Å². The van der Waals surface area contributed by atoms with E-state index in [1.54, 1.807) is 7.11 Å². The van der Waals surface area contributed by atoms with Crippen molar-refractivity contribution in [2.45, 2.75) is 69.9 Å². The Morgan fingerprint density at radius 2 is 1.85 bits per heavy atom. The highest BCUT2D eigenvalue weighted by molar-refractivity contribution is 5.97. The number of carboxylic acid groups (broad SMARTS) is 1. The van der Waals surface area contributed by atoms with Crippen molar-refractivity contribution in [2.24, 2.45) is 11.8 Å². The quantitative estimate of drug-likeness (QED) is 0.495. The maximum atomic E-state index is 13.4. The number of benzene rings is 2. The van der Waals surface area contributed by atoms with E-state index in [9.17, 15) is 14.7 Å². The number of methoxy groups -OCH3 is 1. The molecule has 2 aromatic rings. The van der Waals surface area contributed by atoms with Crippen LogP contribution in [0.15, 0.2) is 48.5 Å². The minimum atomic E-state index is -0.881. The van der Waals surface area contributed by atoms with Gasteiger partial charge in [-0.15, -0.1) is 0 Å². The number of para-hydroxylation sites is 1. The molecule has 0 saturated heterocycles. The van der Waals surface area contributed by atoms with Crippen LogP contribution in [0.3, 0.4) is 0 Å². The van der Waals surface area contributed by atoms with Gasteiger partial charge < -0.3 is 15.2 Å². The van der Waals surface area contributed by atoms with Crippen molar-refractivity contribution < 1.29 is 19.4 Å². The van der Waals surface area contributed by atoms with Gasteiger partial charge in [0.2, 0.25) is 5.91 Å². The van der Waals surface area contributed by atoms with Crippen molar-refractivity contribution in [1.29, 1.82) is 0 Å². The summed E-state index contributed by atoms with van der Waals surface area (Å²) in [4.78, 5) is 25.5. The van der Waals surface area contributed by atoms with Crippen LogP contribution in [-0.4, -0.2) is 36.2 Å². The summed E-state index contributed by atoms with van der Waals surface area (Å²) in [5.41, 5.74) is 2.98. The largest absolute Gasteiger partial charge is 0.497 e. The summed E-state index contributed by atoms with van der Waals surface area (Å²) in [5, 5.41) is 16.3. The van der Waals surface area contributed by atoms with E-state index >= 15 is 0 Å². The molecule has 3 atom stereocenters. The molecule has 1 heterocycles. The molecule has 1 amide bonds. The molecule has 34 heavy (non-hydrogen) atoms. The summed E-state index contributed by atoms with van der Waals surface area (Å²) in [6.45, 7) is 0. The fourth-order valence-electron chi connectivity index (χ4n) is 5.48. The van der Waals surface area contributed by atoms with Crippen LogP contribution in [0, 0.1) is 11.8 Å². The lowest BCUT2D eigenvalue weighted by molar-refractivity contribution is -0.140. The van der Waals surface area contributed by atoms with E-state index in [4.69, 9.17) is 4.74 Å². The van der Waals surface area contributed by atoms with E-state index in [1.807, 2.05) is 48.5 Å². The first-order chi connectivity index (χ1) is 16.5. The van der Waals surface area contributed by atoms with Gasteiger partial charge in [0.15, 0.2) is 0 Å². The molecule has 1 aliphatic carbocycles. The first-order valence-electron chi connectivity index (χ1n) is 12.5. The van der Waals surface area contributed by atoms with Crippen LogP contribution in [0.4, 0.5) is 5.69 Å². The average molecular weight is 465 g/mol. The summed E-state index contributed by atoms with van der Waals surface area (Å²) >= 11 is 0. The number of aliphatic carboxylic acids is 1. The number of carbonyl (C=O) groups is 2. The van der Waals surface area contributed by atoms with Gasteiger partial charge in [-0.25, -0.2) is 0 Å².